The largest absolute Gasteiger partial charge is 0.350 e. The minimum absolute atomic E-state index is 0.0728. The number of hydrogen-bond acceptors (Lipinski definition) is 5. The average Bonchev–Trinajstić information content (AvgIpc) is 3.03. The lowest BCUT2D eigenvalue weighted by molar-refractivity contribution is -0.121. The molecule has 6 heteroatoms. The van der Waals surface area contributed by atoms with Crippen molar-refractivity contribution in [2.45, 2.75) is 52.5 Å². The Morgan fingerprint density at radius 3 is 2.76 bits per heavy atom. The molecule has 1 saturated heterocycles. The summed E-state index contributed by atoms with van der Waals surface area (Å²) >= 11 is 1.72. The van der Waals surface area contributed by atoms with Crippen molar-refractivity contribution >= 4 is 23.2 Å². The second-order valence-electron chi connectivity index (χ2n) is 6.65. The molecule has 0 radical (unpaired) electrons. The van der Waals surface area contributed by atoms with E-state index < -0.39 is 0 Å². The highest BCUT2D eigenvalue weighted by molar-refractivity contribution is 7.10. The molecule has 0 saturated carbocycles. The molecule has 0 aliphatic carbocycles. The van der Waals surface area contributed by atoms with Crippen molar-refractivity contribution in [3.63, 3.8) is 0 Å². The van der Waals surface area contributed by atoms with Crippen molar-refractivity contribution in [3.05, 3.63) is 39.3 Å². The Balaban J connectivity index is 1.54. The third-order valence-corrected chi connectivity index (χ3v) is 5.63. The van der Waals surface area contributed by atoms with Crippen LogP contribution in [-0.4, -0.2) is 29.0 Å². The van der Waals surface area contributed by atoms with Gasteiger partial charge in [-0.2, -0.15) is 0 Å². The average molecular weight is 359 g/mol. The first-order chi connectivity index (χ1) is 12.1. The number of aryl methyl sites for hydroxylation is 3. The van der Waals surface area contributed by atoms with Crippen LogP contribution in [-0.2, 0) is 17.8 Å². The van der Waals surface area contributed by atoms with Crippen LogP contribution in [0.1, 0.15) is 47.5 Å². The minimum atomic E-state index is 0.0728. The van der Waals surface area contributed by atoms with Crippen LogP contribution in [0.2, 0.25) is 0 Å². The lowest BCUT2D eigenvalue weighted by Crippen LogP contribution is -2.32. The van der Waals surface area contributed by atoms with Gasteiger partial charge in [-0.05, 0) is 62.6 Å². The predicted molar refractivity (Wildman–Crippen MR) is 102 cm³/mol. The van der Waals surface area contributed by atoms with E-state index in [9.17, 15) is 4.79 Å². The number of amides is 1. The normalized spacial score (nSPS) is 14.6. The summed E-state index contributed by atoms with van der Waals surface area (Å²) in [4.78, 5) is 24.9. The SMILES string of the molecule is Cc1cc(CNC(=O)CCc2sccc2C)nc(N2CCCCC2)n1. The van der Waals surface area contributed by atoms with Gasteiger partial charge >= 0.3 is 0 Å². The first kappa shape index (κ1) is 17.9. The van der Waals surface area contributed by atoms with Gasteiger partial charge in [-0.15, -0.1) is 11.3 Å². The number of carbonyl (C=O) groups excluding carboxylic acids is 1. The van der Waals surface area contributed by atoms with Crippen molar-refractivity contribution in [3.8, 4) is 0 Å². The zero-order chi connectivity index (χ0) is 17.6. The summed E-state index contributed by atoms with van der Waals surface area (Å²) in [6, 6.07) is 4.06. The van der Waals surface area contributed by atoms with Gasteiger partial charge in [-0.1, -0.05) is 0 Å². The zero-order valence-corrected chi connectivity index (χ0v) is 15.9. The molecule has 2 aromatic heterocycles. The van der Waals surface area contributed by atoms with E-state index in [4.69, 9.17) is 0 Å². The zero-order valence-electron chi connectivity index (χ0n) is 15.0. The minimum Gasteiger partial charge on any atom is -0.350 e. The molecule has 1 fully saturated rings. The molecule has 1 aliphatic rings. The van der Waals surface area contributed by atoms with Gasteiger partial charge < -0.3 is 10.2 Å². The van der Waals surface area contributed by atoms with Crippen LogP contribution < -0.4 is 10.2 Å². The molecule has 1 aliphatic heterocycles. The third kappa shape index (κ3) is 5.01. The van der Waals surface area contributed by atoms with Crippen LogP contribution in [0.5, 0.6) is 0 Å². The standard InChI is InChI=1S/C19H26N4OS/c1-14-8-11-25-17(14)6-7-18(24)20-13-16-12-15(2)21-19(22-16)23-9-4-3-5-10-23/h8,11-12H,3-7,9-10,13H2,1-2H3,(H,20,24). The summed E-state index contributed by atoms with van der Waals surface area (Å²) in [6.45, 7) is 6.59. The van der Waals surface area contributed by atoms with E-state index in [1.165, 1.54) is 29.7 Å². The van der Waals surface area contributed by atoms with Crippen molar-refractivity contribution in [2.24, 2.45) is 0 Å². The second kappa shape index (κ2) is 8.43. The molecule has 2 aromatic rings. The highest BCUT2D eigenvalue weighted by Gasteiger charge is 2.15. The number of carbonyl (C=O) groups is 1. The number of hydrogen-bond donors (Lipinski definition) is 1. The number of rotatable bonds is 6. The highest BCUT2D eigenvalue weighted by Crippen LogP contribution is 2.18. The van der Waals surface area contributed by atoms with Gasteiger partial charge in [-0.25, -0.2) is 9.97 Å². The number of nitrogens with zero attached hydrogens (tertiary/aromatic N) is 3. The Hall–Kier alpha value is -1.95. The number of anilines is 1. The number of thiophene rings is 1. The fraction of sp³-hybridized carbons (Fsp3) is 0.526. The molecule has 0 aromatic carbocycles. The van der Waals surface area contributed by atoms with E-state index in [-0.39, 0.29) is 5.91 Å². The van der Waals surface area contributed by atoms with E-state index >= 15 is 0 Å². The molecule has 134 valence electrons. The Kier molecular flexibility index (Phi) is 6.02. The summed E-state index contributed by atoms with van der Waals surface area (Å²) < 4.78 is 0. The second-order valence-corrected chi connectivity index (χ2v) is 7.65. The van der Waals surface area contributed by atoms with E-state index in [1.807, 2.05) is 13.0 Å². The molecule has 1 N–H and O–H groups in total. The molecule has 25 heavy (non-hydrogen) atoms. The maximum atomic E-state index is 12.1. The number of nitrogens with one attached hydrogen (secondary N) is 1. The van der Waals surface area contributed by atoms with Crippen LogP contribution in [0, 0.1) is 13.8 Å². The summed E-state index contributed by atoms with van der Waals surface area (Å²) in [5.41, 5.74) is 3.11. The highest BCUT2D eigenvalue weighted by atomic mass is 32.1. The topological polar surface area (TPSA) is 58.1 Å². The molecule has 0 bridgehead atoms. The molecule has 1 amide bonds. The maximum absolute atomic E-state index is 12.1. The van der Waals surface area contributed by atoms with Crippen LogP contribution in [0.4, 0.5) is 5.95 Å². The molecule has 3 heterocycles. The first-order valence-corrected chi connectivity index (χ1v) is 9.89. The molecule has 5 nitrogen and oxygen atoms in total. The van der Waals surface area contributed by atoms with Crippen molar-refractivity contribution < 1.29 is 4.79 Å². The van der Waals surface area contributed by atoms with Crippen molar-refractivity contribution in [1.29, 1.82) is 0 Å². The van der Waals surface area contributed by atoms with Gasteiger partial charge in [0, 0.05) is 30.1 Å². The lowest BCUT2D eigenvalue weighted by atomic mass is 10.1. The van der Waals surface area contributed by atoms with Gasteiger partial charge in [0.05, 0.1) is 12.2 Å². The maximum Gasteiger partial charge on any atom is 0.225 e. The van der Waals surface area contributed by atoms with Gasteiger partial charge in [0.15, 0.2) is 0 Å². The van der Waals surface area contributed by atoms with Crippen LogP contribution >= 0.6 is 11.3 Å². The monoisotopic (exact) mass is 358 g/mol. The molecular formula is C19H26N4OS. The van der Waals surface area contributed by atoms with E-state index in [1.54, 1.807) is 11.3 Å². The first-order valence-electron chi connectivity index (χ1n) is 9.01. The summed E-state index contributed by atoms with van der Waals surface area (Å²) in [5.74, 6) is 0.877. The van der Waals surface area contributed by atoms with Gasteiger partial charge in [0.2, 0.25) is 11.9 Å². The van der Waals surface area contributed by atoms with E-state index in [0.29, 0.717) is 13.0 Å². The van der Waals surface area contributed by atoms with Gasteiger partial charge in [0.25, 0.3) is 0 Å². The molecular weight excluding hydrogens is 332 g/mol. The molecule has 3 rings (SSSR count). The van der Waals surface area contributed by atoms with Crippen LogP contribution in [0.15, 0.2) is 17.5 Å². The summed E-state index contributed by atoms with van der Waals surface area (Å²) in [7, 11) is 0. The smallest absolute Gasteiger partial charge is 0.225 e. The van der Waals surface area contributed by atoms with Crippen molar-refractivity contribution in [1.82, 2.24) is 15.3 Å². The number of piperidine rings is 1. The van der Waals surface area contributed by atoms with Gasteiger partial charge in [0.1, 0.15) is 0 Å². The Labute approximate surface area is 153 Å². The number of aromatic nitrogens is 2. The quantitative estimate of drug-likeness (QED) is 0.860. The molecule has 0 unspecified atom stereocenters. The van der Waals surface area contributed by atoms with E-state index in [0.717, 1.165) is 36.8 Å². The third-order valence-electron chi connectivity index (χ3n) is 4.55. The Morgan fingerprint density at radius 2 is 2.04 bits per heavy atom. The predicted octanol–water partition coefficient (Wildman–Crippen LogP) is 3.39. The van der Waals surface area contributed by atoms with E-state index in [2.05, 4.69) is 38.6 Å². The lowest BCUT2D eigenvalue weighted by Gasteiger charge is -2.27. The molecule has 0 atom stereocenters. The molecule has 0 spiro atoms. The van der Waals surface area contributed by atoms with Crippen LogP contribution in [0.25, 0.3) is 0 Å². The van der Waals surface area contributed by atoms with Crippen molar-refractivity contribution in [2.75, 3.05) is 18.0 Å². The Bertz CT molecular complexity index is 722. The fourth-order valence-corrected chi connectivity index (χ4v) is 4.02. The van der Waals surface area contributed by atoms with Gasteiger partial charge in [-0.3, -0.25) is 4.79 Å². The summed E-state index contributed by atoms with van der Waals surface area (Å²) in [6.07, 6.45) is 5.01. The van der Waals surface area contributed by atoms with Crippen LogP contribution in [0.3, 0.4) is 0 Å². The summed E-state index contributed by atoms with van der Waals surface area (Å²) in [5, 5.41) is 5.07. The fourth-order valence-electron chi connectivity index (χ4n) is 3.11. The Morgan fingerprint density at radius 1 is 1.24 bits per heavy atom.